The van der Waals surface area contributed by atoms with Crippen LogP contribution in [0.2, 0.25) is 5.15 Å². The smallest absolute Gasteiger partial charge is 0.133 e. The molecule has 0 aliphatic rings. The molecule has 0 unspecified atom stereocenters. The topological polar surface area (TPSA) is 39.1 Å². The van der Waals surface area contributed by atoms with Gasteiger partial charge in [0, 0.05) is 25.2 Å². The van der Waals surface area contributed by atoms with E-state index in [4.69, 9.17) is 16.3 Å². The molecule has 0 fully saturated rings. The zero-order chi connectivity index (χ0) is 15.4. The summed E-state index contributed by atoms with van der Waals surface area (Å²) in [7, 11) is 1.77. The fraction of sp³-hybridized carbons (Fsp3) is 0.400. The Morgan fingerprint density at radius 3 is 2.76 bits per heavy atom. The molecule has 2 rings (SSSR count). The Morgan fingerprint density at radius 1 is 1.38 bits per heavy atom. The second-order valence-electron chi connectivity index (χ2n) is 4.84. The molecule has 0 spiro atoms. The average molecular weight is 312 g/mol. The molecule has 1 aromatic carbocycles. The van der Waals surface area contributed by atoms with E-state index < -0.39 is 0 Å². The number of hydrogen-bond donors (Lipinski definition) is 1. The molecular formula is C15H19ClFN3O. The van der Waals surface area contributed by atoms with Crippen LogP contribution in [0.5, 0.6) is 5.75 Å². The van der Waals surface area contributed by atoms with E-state index in [0.717, 1.165) is 23.4 Å². The minimum Gasteiger partial charge on any atom is -0.489 e. The van der Waals surface area contributed by atoms with Gasteiger partial charge >= 0.3 is 0 Å². The molecule has 0 aliphatic heterocycles. The molecule has 1 heterocycles. The van der Waals surface area contributed by atoms with Crippen LogP contribution in [-0.4, -0.2) is 16.3 Å². The SMILES string of the molecule is CCNCc1cc(F)cc(OCc2c(C)nn(C)c2Cl)c1. The minimum absolute atomic E-state index is 0.266. The lowest BCUT2D eigenvalue weighted by atomic mass is 10.2. The number of nitrogens with one attached hydrogen (secondary N) is 1. The molecule has 0 bridgehead atoms. The van der Waals surface area contributed by atoms with Crippen molar-refractivity contribution in [2.75, 3.05) is 6.54 Å². The molecule has 114 valence electrons. The van der Waals surface area contributed by atoms with Crippen LogP contribution < -0.4 is 10.1 Å². The third-order valence-electron chi connectivity index (χ3n) is 3.16. The largest absolute Gasteiger partial charge is 0.489 e. The van der Waals surface area contributed by atoms with Gasteiger partial charge in [-0.05, 0) is 31.2 Å². The molecule has 0 radical (unpaired) electrons. The number of rotatable bonds is 6. The first-order chi connectivity index (χ1) is 10.0. The lowest BCUT2D eigenvalue weighted by molar-refractivity contribution is 0.303. The summed E-state index contributed by atoms with van der Waals surface area (Å²) in [5.41, 5.74) is 2.48. The fourth-order valence-electron chi connectivity index (χ4n) is 2.07. The molecule has 0 saturated carbocycles. The Labute approximate surface area is 128 Å². The molecule has 1 aromatic heterocycles. The van der Waals surface area contributed by atoms with E-state index in [-0.39, 0.29) is 12.4 Å². The van der Waals surface area contributed by atoms with Crippen LogP contribution in [0.3, 0.4) is 0 Å². The lowest BCUT2D eigenvalue weighted by Crippen LogP contribution is -2.12. The number of aromatic nitrogens is 2. The molecule has 4 nitrogen and oxygen atoms in total. The highest BCUT2D eigenvalue weighted by molar-refractivity contribution is 6.30. The quantitative estimate of drug-likeness (QED) is 0.890. The molecule has 6 heteroatoms. The molecule has 1 N–H and O–H groups in total. The average Bonchev–Trinajstić information content (AvgIpc) is 2.67. The van der Waals surface area contributed by atoms with Gasteiger partial charge < -0.3 is 10.1 Å². The van der Waals surface area contributed by atoms with Gasteiger partial charge in [-0.25, -0.2) is 4.39 Å². The van der Waals surface area contributed by atoms with Crippen molar-refractivity contribution in [2.24, 2.45) is 7.05 Å². The summed E-state index contributed by atoms with van der Waals surface area (Å²) in [5, 5.41) is 7.92. The van der Waals surface area contributed by atoms with Crippen molar-refractivity contribution in [3.63, 3.8) is 0 Å². The molecule has 0 aliphatic carbocycles. The van der Waals surface area contributed by atoms with Gasteiger partial charge in [-0.1, -0.05) is 18.5 Å². The van der Waals surface area contributed by atoms with Crippen LogP contribution in [0.1, 0.15) is 23.7 Å². The predicted octanol–water partition coefficient (Wildman–Crippen LogP) is 3.21. The van der Waals surface area contributed by atoms with Crippen molar-refractivity contribution in [3.8, 4) is 5.75 Å². The van der Waals surface area contributed by atoms with Gasteiger partial charge in [-0.3, -0.25) is 4.68 Å². The van der Waals surface area contributed by atoms with E-state index in [1.807, 2.05) is 19.9 Å². The second kappa shape index (κ2) is 6.91. The van der Waals surface area contributed by atoms with Crippen LogP contribution in [0, 0.1) is 12.7 Å². The van der Waals surface area contributed by atoms with E-state index >= 15 is 0 Å². The molecule has 0 amide bonds. The lowest BCUT2D eigenvalue weighted by Gasteiger charge is -2.09. The summed E-state index contributed by atoms with van der Waals surface area (Å²) in [6.45, 7) is 5.58. The predicted molar refractivity (Wildman–Crippen MR) is 81.1 cm³/mol. The second-order valence-corrected chi connectivity index (χ2v) is 5.20. The van der Waals surface area contributed by atoms with Crippen molar-refractivity contribution in [2.45, 2.75) is 27.0 Å². The molecule has 21 heavy (non-hydrogen) atoms. The Kier molecular flexibility index (Phi) is 5.20. The van der Waals surface area contributed by atoms with Gasteiger partial charge in [0.1, 0.15) is 23.3 Å². The number of ether oxygens (including phenoxy) is 1. The standard InChI is InChI=1S/C15H19ClFN3O/c1-4-18-8-11-5-12(17)7-13(6-11)21-9-14-10(2)19-20(3)15(14)16/h5-7,18H,4,8-9H2,1-3H3. The van der Waals surface area contributed by atoms with Crippen LogP contribution in [0.25, 0.3) is 0 Å². The minimum atomic E-state index is -0.311. The maximum Gasteiger partial charge on any atom is 0.133 e. The van der Waals surface area contributed by atoms with Crippen LogP contribution in [0.4, 0.5) is 4.39 Å². The zero-order valence-electron chi connectivity index (χ0n) is 12.4. The number of halogens is 2. The van der Waals surface area contributed by atoms with Gasteiger partial charge in [-0.15, -0.1) is 0 Å². The summed E-state index contributed by atoms with van der Waals surface area (Å²) in [6.07, 6.45) is 0. The van der Waals surface area contributed by atoms with Crippen molar-refractivity contribution < 1.29 is 9.13 Å². The fourth-order valence-corrected chi connectivity index (χ4v) is 2.30. The van der Waals surface area contributed by atoms with E-state index in [0.29, 0.717) is 17.4 Å². The maximum absolute atomic E-state index is 13.6. The zero-order valence-corrected chi connectivity index (χ0v) is 13.2. The Bertz CT molecular complexity index is 628. The van der Waals surface area contributed by atoms with E-state index in [1.165, 1.54) is 12.1 Å². The van der Waals surface area contributed by atoms with Gasteiger partial charge in [0.25, 0.3) is 0 Å². The van der Waals surface area contributed by atoms with Crippen molar-refractivity contribution in [1.82, 2.24) is 15.1 Å². The summed E-state index contributed by atoms with van der Waals surface area (Å²) in [6, 6.07) is 4.69. The first-order valence-corrected chi connectivity index (χ1v) is 7.20. The molecule has 0 atom stereocenters. The van der Waals surface area contributed by atoms with Crippen molar-refractivity contribution in [1.29, 1.82) is 0 Å². The van der Waals surface area contributed by atoms with Gasteiger partial charge in [0.15, 0.2) is 0 Å². The normalized spacial score (nSPS) is 10.9. The Hall–Kier alpha value is -1.59. The van der Waals surface area contributed by atoms with E-state index in [9.17, 15) is 4.39 Å². The van der Waals surface area contributed by atoms with Crippen LogP contribution >= 0.6 is 11.6 Å². The number of benzene rings is 1. The Morgan fingerprint density at radius 2 is 2.14 bits per heavy atom. The number of nitrogens with zero attached hydrogens (tertiary/aromatic N) is 2. The Balaban J connectivity index is 2.10. The number of aryl methyl sites for hydroxylation is 2. The van der Waals surface area contributed by atoms with Crippen LogP contribution in [-0.2, 0) is 20.2 Å². The summed E-state index contributed by atoms with van der Waals surface area (Å²) < 4.78 is 20.9. The molecular weight excluding hydrogens is 293 g/mol. The highest BCUT2D eigenvalue weighted by Crippen LogP contribution is 2.22. The monoisotopic (exact) mass is 311 g/mol. The molecule has 2 aromatic rings. The molecule has 0 saturated heterocycles. The summed E-state index contributed by atoms with van der Waals surface area (Å²) >= 11 is 6.15. The summed E-state index contributed by atoms with van der Waals surface area (Å²) in [4.78, 5) is 0. The first kappa shape index (κ1) is 15.8. The first-order valence-electron chi connectivity index (χ1n) is 6.82. The van der Waals surface area contributed by atoms with Gasteiger partial charge in [0.05, 0.1) is 5.69 Å². The van der Waals surface area contributed by atoms with Crippen molar-refractivity contribution in [3.05, 3.63) is 46.0 Å². The van der Waals surface area contributed by atoms with E-state index in [1.54, 1.807) is 11.7 Å². The number of hydrogen-bond acceptors (Lipinski definition) is 3. The summed E-state index contributed by atoms with van der Waals surface area (Å²) in [5.74, 6) is 0.177. The van der Waals surface area contributed by atoms with Gasteiger partial charge in [-0.2, -0.15) is 5.10 Å². The van der Waals surface area contributed by atoms with E-state index in [2.05, 4.69) is 10.4 Å². The maximum atomic E-state index is 13.6. The van der Waals surface area contributed by atoms with Gasteiger partial charge in [0.2, 0.25) is 0 Å². The van der Waals surface area contributed by atoms with Crippen molar-refractivity contribution >= 4 is 11.6 Å². The third kappa shape index (κ3) is 3.95. The highest BCUT2D eigenvalue weighted by Gasteiger charge is 2.12. The third-order valence-corrected chi connectivity index (χ3v) is 3.64. The highest BCUT2D eigenvalue weighted by atomic mass is 35.5. The van der Waals surface area contributed by atoms with Crippen LogP contribution in [0.15, 0.2) is 18.2 Å².